The largest absolute Gasteiger partial charge is 0.256 e. The summed E-state index contributed by atoms with van der Waals surface area (Å²) in [5, 5.41) is 2.68. The van der Waals surface area contributed by atoms with Gasteiger partial charge in [-0.15, -0.1) is 0 Å². The topological polar surface area (TPSA) is 12.9 Å². The van der Waals surface area contributed by atoms with Crippen molar-refractivity contribution in [2.24, 2.45) is 0 Å². The highest BCUT2D eigenvalue weighted by atomic mass is 35.5. The molecule has 0 aliphatic heterocycles. The number of halogens is 6. The first kappa shape index (κ1) is 18.1. The van der Waals surface area contributed by atoms with Gasteiger partial charge >= 0.3 is 0 Å². The van der Waals surface area contributed by atoms with Crippen molar-refractivity contribution < 1.29 is 0 Å². The van der Waals surface area contributed by atoms with E-state index in [1.165, 1.54) is 0 Å². The second kappa shape index (κ2) is 7.29. The van der Waals surface area contributed by atoms with E-state index in [0.29, 0.717) is 47.0 Å². The molecule has 122 valence electrons. The highest BCUT2D eigenvalue weighted by Crippen LogP contribution is 2.39. The van der Waals surface area contributed by atoms with Crippen LogP contribution in [0.2, 0.25) is 30.1 Å². The molecular formula is C17H7Cl6N. The Hall–Kier alpha value is -0.670. The fourth-order valence-corrected chi connectivity index (χ4v) is 4.34. The molecule has 1 aromatic heterocycles. The molecule has 1 heterocycles. The maximum atomic E-state index is 6.24. The molecule has 0 spiro atoms. The lowest BCUT2D eigenvalue weighted by Crippen LogP contribution is -1.89. The Morgan fingerprint density at radius 3 is 1.46 bits per heavy atom. The Labute approximate surface area is 169 Å². The van der Waals surface area contributed by atoms with E-state index in [2.05, 4.69) is 4.98 Å². The van der Waals surface area contributed by atoms with E-state index in [-0.39, 0.29) is 0 Å². The van der Waals surface area contributed by atoms with E-state index in [0.717, 1.165) is 5.56 Å². The first-order valence-electron chi connectivity index (χ1n) is 6.62. The van der Waals surface area contributed by atoms with Gasteiger partial charge in [0, 0.05) is 32.9 Å². The molecule has 1 nitrogen and oxygen atoms in total. The van der Waals surface area contributed by atoms with Crippen molar-refractivity contribution in [2.75, 3.05) is 0 Å². The lowest BCUT2D eigenvalue weighted by atomic mass is 10.1. The number of hydrogen-bond donors (Lipinski definition) is 0. The molecule has 0 radical (unpaired) electrons. The van der Waals surface area contributed by atoms with Crippen LogP contribution in [0.5, 0.6) is 0 Å². The number of aromatic nitrogens is 1. The van der Waals surface area contributed by atoms with Crippen LogP contribution in [-0.4, -0.2) is 4.98 Å². The van der Waals surface area contributed by atoms with Crippen molar-refractivity contribution in [1.82, 2.24) is 4.98 Å². The average Bonchev–Trinajstić information content (AvgIpc) is 2.46. The standard InChI is InChI=1S/C17H7Cl6N/c18-9-3-11(20)16(12(21)4-9)8-1-2-15(24-7-8)17-13(22)5-10(19)6-14(17)23/h1-7H. The molecule has 0 unspecified atom stereocenters. The number of nitrogens with zero attached hydrogens (tertiary/aromatic N) is 1. The van der Waals surface area contributed by atoms with Crippen LogP contribution in [0.4, 0.5) is 0 Å². The first-order valence-corrected chi connectivity index (χ1v) is 8.89. The van der Waals surface area contributed by atoms with Crippen molar-refractivity contribution in [1.29, 1.82) is 0 Å². The predicted molar refractivity (Wildman–Crippen MR) is 105 cm³/mol. The second-order valence-corrected chi connectivity index (χ2v) is 7.42. The number of pyridine rings is 1. The Morgan fingerprint density at radius 1 is 0.583 bits per heavy atom. The van der Waals surface area contributed by atoms with Gasteiger partial charge in [0.25, 0.3) is 0 Å². The van der Waals surface area contributed by atoms with Gasteiger partial charge in [-0.3, -0.25) is 4.98 Å². The zero-order chi connectivity index (χ0) is 17.4. The molecule has 3 aromatic rings. The van der Waals surface area contributed by atoms with Crippen LogP contribution in [0.15, 0.2) is 42.6 Å². The smallest absolute Gasteiger partial charge is 0.0732 e. The summed E-state index contributed by atoms with van der Waals surface area (Å²) in [6, 6.07) is 10.1. The number of benzene rings is 2. The van der Waals surface area contributed by atoms with Gasteiger partial charge < -0.3 is 0 Å². The quantitative estimate of drug-likeness (QED) is 0.392. The lowest BCUT2D eigenvalue weighted by Gasteiger charge is -2.10. The molecule has 0 aliphatic rings. The molecular weight excluding hydrogens is 431 g/mol. The fourth-order valence-electron chi connectivity index (χ4n) is 2.29. The minimum absolute atomic E-state index is 0.426. The normalized spacial score (nSPS) is 10.9. The zero-order valence-electron chi connectivity index (χ0n) is 11.8. The number of hydrogen-bond acceptors (Lipinski definition) is 1. The van der Waals surface area contributed by atoms with Crippen LogP contribution in [-0.2, 0) is 0 Å². The van der Waals surface area contributed by atoms with Crippen molar-refractivity contribution in [3.05, 3.63) is 72.7 Å². The summed E-state index contributed by atoms with van der Waals surface area (Å²) in [7, 11) is 0. The zero-order valence-corrected chi connectivity index (χ0v) is 16.3. The van der Waals surface area contributed by atoms with Gasteiger partial charge in [0.2, 0.25) is 0 Å². The molecule has 0 aliphatic carbocycles. The summed E-state index contributed by atoms with van der Waals surface area (Å²) in [6.07, 6.45) is 1.65. The average molecular weight is 438 g/mol. The van der Waals surface area contributed by atoms with Crippen molar-refractivity contribution >= 4 is 69.6 Å². The molecule has 0 amide bonds. The second-order valence-electron chi connectivity index (χ2n) is 4.92. The van der Waals surface area contributed by atoms with Gasteiger partial charge in [-0.1, -0.05) is 75.7 Å². The van der Waals surface area contributed by atoms with Gasteiger partial charge in [0.15, 0.2) is 0 Å². The monoisotopic (exact) mass is 435 g/mol. The Balaban J connectivity index is 2.07. The van der Waals surface area contributed by atoms with Crippen molar-refractivity contribution in [2.45, 2.75) is 0 Å². The molecule has 0 atom stereocenters. The maximum absolute atomic E-state index is 6.24. The predicted octanol–water partition coefficient (Wildman–Crippen LogP) is 8.34. The van der Waals surface area contributed by atoms with Gasteiger partial charge in [-0.2, -0.15) is 0 Å². The molecule has 0 bridgehead atoms. The summed E-state index contributed by atoms with van der Waals surface area (Å²) in [5.41, 5.74) is 2.65. The fraction of sp³-hybridized carbons (Fsp3) is 0. The molecule has 7 heteroatoms. The van der Waals surface area contributed by atoms with E-state index < -0.39 is 0 Å². The van der Waals surface area contributed by atoms with Gasteiger partial charge in [0.05, 0.1) is 25.8 Å². The third kappa shape index (κ3) is 3.62. The van der Waals surface area contributed by atoms with Crippen LogP contribution in [0, 0.1) is 0 Å². The summed E-state index contributed by atoms with van der Waals surface area (Å²) in [5.74, 6) is 0. The summed E-state index contributed by atoms with van der Waals surface area (Å²) in [4.78, 5) is 4.42. The molecule has 3 rings (SSSR count). The van der Waals surface area contributed by atoms with E-state index in [4.69, 9.17) is 69.6 Å². The Morgan fingerprint density at radius 2 is 1.04 bits per heavy atom. The highest BCUT2D eigenvalue weighted by Gasteiger charge is 2.14. The van der Waals surface area contributed by atoms with Crippen molar-refractivity contribution in [3.8, 4) is 22.4 Å². The van der Waals surface area contributed by atoms with Crippen LogP contribution < -0.4 is 0 Å². The molecule has 0 N–H and O–H groups in total. The van der Waals surface area contributed by atoms with Crippen LogP contribution in [0.3, 0.4) is 0 Å². The summed E-state index contributed by atoms with van der Waals surface area (Å²) < 4.78 is 0. The Kier molecular flexibility index (Phi) is 5.51. The molecule has 2 aromatic carbocycles. The van der Waals surface area contributed by atoms with Gasteiger partial charge in [-0.05, 0) is 30.3 Å². The minimum Gasteiger partial charge on any atom is -0.256 e. The third-order valence-electron chi connectivity index (χ3n) is 3.32. The van der Waals surface area contributed by atoms with E-state index in [1.807, 2.05) is 6.07 Å². The minimum atomic E-state index is 0.426. The van der Waals surface area contributed by atoms with E-state index in [9.17, 15) is 0 Å². The van der Waals surface area contributed by atoms with Gasteiger partial charge in [-0.25, -0.2) is 0 Å². The van der Waals surface area contributed by atoms with Crippen LogP contribution in [0.25, 0.3) is 22.4 Å². The molecule has 0 fully saturated rings. The SMILES string of the molecule is Clc1cc(Cl)c(-c2ccc(-c3c(Cl)cc(Cl)cc3Cl)nc2)c(Cl)c1. The van der Waals surface area contributed by atoms with Gasteiger partial charge in [0.1, 0.15) is 0 Å². The molecule has 24 heavy (non-hydrogen) atoms. The molecule has 0 saturated heterocycles. The van der Waals surface area contributed by atoms with Crippen LogP contribution >= 0.6 is 69.6 Å². The van der Waals surface area contributed by atoms with Crippen LogP contribution in [0.1, 0.15) is 0 Å². The number of rotatable bonds is 2. The highest BCUT2D eigenvalue weighted by molar-refractivity contribution is 6.42. The first-order chi connectivity index (χ1) is 11.4. The summed E-state index contributed by atoms with van der Waals surface area (Å²) >= 11 is 36.8. The van der Waals surface area contributed by atoms with E-state index >= 15 is 0 Å². The van der Waals surface area contributed by atoms with E-state index in [1.54, 1.807) is 36.5 Å². The molecule has 0 saturated carbocycles. The lowest BCUT2D eigenvalue weighted by molar-refractivity contribution is 1.32. The van der Waals surface area contributed by atoms with Crippen molar-refractivity contribution in [3.63, 3.8) is 0 Å². The summed E-state index contributed by atoms with van der Waals surface area (Å²) in [6.45, 7) is 0. The third-order valence-corrected chi connectivity index (χ3v) is 4.95. The Bertz CT molecular complexity index is 798. The maximum Gasteiger partial charge on any atom is 0.0732 e.